The van der Waals surface area contributed by atoms with E-state index in [1.54, 1.807) is 20.1 Å². The molecule has 0 bridgehead atoms. The van der Waals surface area contributed by atoms with Gasteiger partial charge in [0.25, 0.3) is 0 Å². The minimum Gasteiger partial charge on any atom is -0.497 e. The van der Waals surface area contributed by atoms with Crippen molar-refractivity contribution in [2.24, 2.45) is 0 Å². The third-order valence-corrected chi connectivity index (χ3v) is 2.30. The van der Waals surface area contributed by atoms with Gasteiger partial charge in [0.15, 0.2) is 0 Å². The highest BCUT2D eigenvalue weighted by Gasteiger charge is 2.14. The van der Waals surface area contributed by atoms with Crippen molar-refractivity contribution in [2.75, 3.05) is 27.8 Å². The van der Waals surface area contributed by atoms with Gasteiger partial charge in [-0.15, -0.1) is 0 Å². The predicted molar refractivity (Wildman–Crippen MR) is 66.3 cm³/mol. The second-order valence-corrected chi connectivity index (χ2v) is 3.98. The quantitative estimate of drug-likeness (QED) is 0.734. The smallest absolute Gasteiger partial charge is 0.338 e. The Labute approximate surface area is 102 Å². The van der Waals surface area contributed by atoms with E-state index in [1.165, 1.54) is 0 Å². The van der Waals surface area contributed by atoms with Gasteiger partial charge in [0.2, 0.25) is 0 Å². The Morgan fingerprint density at radius 1 is 1.35 bits per heavy atom. The van der Waals surface area contributed by atoms with Crippen molar-refractivity contribution in [3.05, 3.63) is 29.3 Å². The zero-order valence-electron chi connectivity index (χ0n) is 10.8. The molecule has 0 aliphatic carbocycles. The summed E-state index contributed by atoms with van der Waals surface area (Å²) in [6, 6.07) is 5.46. The average Bonchev–Trinajstić information content (AvgIpc) is 2.29. The van der Waals surface area contributed by atoms with Gasteiger partial charge >= 0.3 is 5.97 Å². The molecular formula is C13H19NO3. The molecule has 17 heavy (non-hydrogen) atoms. The number of hydrogen-bond donors (Lipinski definition) is 0. The fraction of sp³-hybridized carbons (Fsp3) is 0.462. The predicted octanol–water partition coefficient (Wildman–Crippen LogP) is 1.93. The largest absolute Gasteiger partial charge is 0.497 e. The number of carbonyl (C=O) groups excluding carboxylic acids is 1. The van der Waals surface area contributed by atoms with E-state index in [0.29, 0.717) is 24.5 Å². The molecule has 94 valence electrons. The van der Waals surface area contributed by atoms with E-state index in [0.717, 1.165) is 5.56 Å². The standard InChI is InChI=1S/C13H19NO3/c1-5-17-13(15)12-8-11(16-4)7-6-10(12)9-14(2)3/h6-8H,5,9H2,1-4H3. The summed E-state index contributed by atoms with van der Waals surface area (Å²) in [6.07, 6.45) is 0. The van der Waals surface area contributed by atoms with E-state index in [1.807, 2.05) is 31.1 Å². The molecule has 1 aromatic carbocycles. The number of benzene rings is 1. The van der Waals surface area contributed by atoms with Crippen molar-refractivity contribution in [1.29, 1.82) is 0 Å². The highest BCUT2D eigenvalue weighted by molar-refractivity contribution is 5.91. The molecule has 0 atom stereocenters. The van der Waals surface area contributed by atoms with Crippen molar-refractivity contribution >= 4 is 5.97 Å². The molecule has 4 nitrogen and oxygen atoms in total. The van der Waals surface area contributed by atoms with Crippen LogP contribution in [0.1, 0.15) is 22.8 Å². The van der Waals surface area contributed by atoms with Gasteiger partial charge in [-0.25, -0.2) is 4.79 Å². The summed E-state index contributed by atoms with van der Waals surface area (Å²) in [5.74, 6) is 0.360. The van der Waals surface area contributed by atoms with Gasteiger partial charge in [0.05, 0.1) is 19.3 Å². The Balaban J connectivity index is 3.06. The Hall–Kier alpha value is -1.55. The summed E-state index contributed by atoms with van der Waals surface area (Å²) < 4.78 is 10.2. The topological polar surface area (TPSA) is 38.8 Å². The number of ether oxygens (including phenoxy) is 2. The minimum atomic E-state index is -0.303. The fourth-order valence-electron chi connectivity index (χ4n) is 1.56. The number of carbonyl (C=O) groups is 1. The number of esters is 1. The number of methoxy groups -OCH3 is 1. The van der Waals surface area contributed by atoms with Gasteiger partial charge in [-0.3, -0.25) is 0 Å². The van der Waals surface area contributed by atoms with Crippen LogP contribution in [0.3, 0.4) is 0 Å². The summed E-state index contributed by atoms with van der Waals surface area (Å²) in [4.78, 5) is 13.8. The van der Waals surface area contributed by atoms with Gasteiger partial charge in [0, 0.05) is 6.54 Å². The molecule has 1 rings (SSSR count). The summed E-state index contributed by atoms with van der Waals surface area (Å²) in [5, 5.41) is 0. The van der Waals surface area contributed by atoms with Crippen molar-refractivity contribution in [3.8, 4) is 5.75 Å². The average molecular weight is 237 g/mol. The first-order chi connectivity index (χ1) is 8.08. The van der Waals surface area contributed by atoms with Crippen LogP contribution in [0.4, 0.5) is 0 Å². The second kappa shape index (κ2) is 6.25. The summed E-state index contributed by atoms with van der Waals surface area (Å²) in [6.45, 7) is 2.86. The van der Waals surface area contributed by atoms with E-state index in [-0.39, 0.29) is 5.97 Å². The van der Waals surface area contributed by atoms with Gasteiger partial charge in [-0.1, -0.05) is 6.07 Å². The van der Waals surface area contributed by atoms with Crippen molar-refractivity contribution < 1.29 is 14.3 Å². The molecule has 1 aromatic rings. The molecule has 0 heterocycles. The Kier molecular flexibility index (Phi) is 4.97. The molecule has 0 spiro atoms. The first kappa shape index (κ1) is 13.5. The molecule has 0 unspecified atom stereocenters. The maximum absolute atomic E-state index is 11.8. The van der Waals surface area contributed by atoms with E-state index in [4.69, 9.17) is 9.47 Å². The normalized spacial score (nSPS) is 10.4. The minimum absolute atomic E-state index is 0.303. The van der Waals surface area contributed by atoms with Crippen LogP contribution in [0.2, 0.25) is 0 Å². The van der Waals surface area contributed by atoms with Crippen molar-refractivity contribution in [2.45, 2.75) is 13.5 Å². The zero-order valence-corrected chi connectivity index (χ0v) is 10.8. The molecule has 0 saturated heterocycles. The molecule has 0 aliphatic rings. The zero-order chi connectivity index (χ0) is 12.8. The fourth-order valence-corrected chi connectivity index (χ4v) is 1.56. The summed E-state index contributed by atoms with van der Waals surface area (Å²) in [5.41, 5.74) is 1.51. The second-order valence-electron chi connectivity index (χ2n) is 3.98. The third-order valence-electron chi connectivity index (χ3n) is 2.30. The molecular weight excluding hydrogens is 218 g/mol. The van der Waals surface area contributed by atoms with Crippen LogP contribution in [0.15, 0.2) is 18.2 Å². The molecule has 0 radical (unpaired) electrons. The SMILES string of the molecule is CCOC(=O)c1cc(OC)ccc1CN(C)C. The molecule has 4 heteroatoms. The summed E-state index contributed by atoms with van der Waals surface area (Å²) >= 11 is 0. The molecule has 0 aliphatic heterocycles. The maximum atomic E-state index is 11.8. The maximum Gasteiger partial charge on any atom is 0.338 e. The van der Waals surface area contributed by atoms with Crippen LogP contribution in [0.25, 0.3) is 0 Å². The number of nitrogens with zero attached hydrogens (tertiary/aromatic N) is 1. The van der Waals surface area contributed by atoms with Gasteiger partial charge in [-0.05, 0) is 38.7 Å². The van der Waals surface area contributed by atoms with Crippen molar-refractivity contribution in [3.63, 3.8) is 0 Å². The Bertz CT molecular complexity index is 388. The van der Waals surface area contributed by atoms with E-state index < -0.39 is 0 Å². The van der Waals surface area contributed by atoms with Crippen molar-refractivity contribution in [1.82, 2.24) is 4.90 Å². The van der Waals surface area contributed by atoms with E-state index in [2.05, 4.69) is 0 Å². The molecule has 0 fully saturated rings. The van der Waals surface area contributed by atoms with Gasteiger partial charge in [0.1, 0.15) is 5.75 Å². The lowest BCUT2D eigenvalue weighted by Gasteiger charge is -2.14. The summed E-state index contributed by atoms with van der Waals surface area (Å²) in [7, 11) is 5.49. The lowest BCUT2D eigenvalue weighted by Crippen LogP contribution is -2.15. The Morgan fingerprint density at radius 3 is 2.59 bits per heavy atom. The van der Waals surface area contributed by atoms with Crippen LogP contribution in [0, 0.1) is 0 Å². The third kappa shape index (κ3) is 3.75. The van der Waals surface area contributed by atoms with Crippen LogP contribution in [0.5, 0.6) is 5.75 Å². The lowest BCUT2D eigenvalue weighted by atomic mass is 10.1. The van der Waals surface area contributed by atoms with Crippen LogP contribution in [-0.2, 0) is 11.3 Å². The van der Waals surface area contributed by atoms with Gasteiger partial charge < -0.3 is 14.4 Å². The number of hydrogen-bond acceptors (Lipinski definition) is 4. The van der Waals surface area contributed by atoms with E-state index in [9.17, 15) is 4.79 Å². The molecule has 0 amide bonds. The first-order valence-electron chi connectivity index (χ1n) is 5.57. The van der Waals surface area contributed by atoms with Gasteiger partial charge in [-0.2, -0.15) is 0 Å². The highest BCUT2D eigenvalue weighted by Crippen LogP contribution is 2.19. The lowest BCUT2D eigenvalue weighted by molar-refractivity contribution is 0.0524. The molecule has 0 N–H and O–H groups in total. The molecule has 0 aromatic heterocycles. The Morgan fingerprint density at radius 2 is 2.06 bits per heavy atom. The van der Waals surface area contributed by atoms with Crippen LogP contribution < -0.4 is 4.74 Å². The van der Waals surface area contributed by atoms with Crippen LogP contribution >= 0.6 is 0 Å². The van der Waals surface area contributed by atoms with Crippen LogP contribution in [-0.4, -0.2) is 38.7 Å². The highest BCUT2D eigenvalue weighted by atomic mass is 16.5. The molecule has 0 saturated carbocycles. The number of rotatable bonds is 5. The first-order valence-corrected chi connectivity index (χ1v) is 5.57. The monoisotopic (exact) mass is 237 g/mol. The van der Waals surface area contributed by atoms with E-state index >= 15 is 0 Å².